The van der Waals surface area contributed by atoms with Crippen molar-refractivity contribution < 1.29 is 9.21 Å². The molecule has 6 nitrogen and oxygen atoms in total. The molecule has 1 N–H and O–H groups in total. The summed E-state index contributed by atoms with van der Waals surface area (Å²) < 4.78 is 5.69. The van der Waals surface area contributed by atoms with Crippen LogP contribution in [0.15, 0.2) is 21.9 Å². The number of thiophene rings is 1. The molecule has 21 heavy (non-hydrogen) atoms. The van der Waals surface area contributed by atoms with E-state index in [1.54, 1.807) is 11.3 Å². The predicted octanol–water partition coefficient (Wildman–Crippen LogP) is 2.32. The minimum Gasteiger partial charge on any atom is -0.418 e. The Morgan fingerprint density at radius 2 is 2.33 bits per heavy atom. The summed E-state index contributed by atoms with van der Waals surface area (Å²) in [5.41, 5.74) is 0. The zero-order chi connectivity index (χ0) is 15.2. The molecule has 0 aromatic carbocycles. The van der Waals surface area contributed by atoms with Gasteiger partial charge in [0.1, 0.15) is 0 Å². The highest BCUT2D eigenvalue weighted by Crippen LogP contribution is 2.26. The molecule has 0 saturated heterocycles. The zero-order valence-electron chi connectivity index (χ0n) is 12.5. The van der Waals surface area contributed by atoms with Gasteiger partial charge in [0.25, 0.3) is 5.89 Å². The first-order chi connectivity index (χ1) is 10.1. The molecule has 0 aliphatic rings. The lowest BCUT2D eigenvalue weighted by atomic mass is 10.3. The molecule has 0 spiro atoms. The maximum absolute atomic E-state index is 11.7. The molecule has 0 radical (unpaired) electrons. The van der Waals surface area contributed by atoms with Crippen molar-refractivity contribution in [2.75, 3.05) is 20.1 Å². The van der Waals surface area contributed by atoms with Crippen LogP contribution in [0.3, 0.4) is 0 Å². The number of nitrogens with one attached hydrogen (secondary N) is 1. The van der Waals surface area contributed by atoms with E-state index in [0.29, 0.717) is 24.9 Å². The summed E-state index contributed by atoms with van der Waals surface area (Å²) in [5.74, 6) is 1.05. The largest absolute Gasteiger partial charge is 0.418 e. The SMILES string of the molecule is CCCNC(=O)CN(C)[C@@H](C)c1nnc(-c2cccs2)o1. The molecule has 1 atom stereocenters. The van der Waals surface area contributed by atoms with Gasteiger partial charge in [0.2, 0.25) is 11.8 Å². The summed E-state index contributed by atoms with van der Waals surface area (Å²) in [5, 5.41) is 13.0. The number of rotatable bonds is 7. The highest BCUT2D eigenvalue weighted by Gasteiger charge is 2.21. The molecule has 1 amide bonds. The number of amides is 1. The smallest absolute Gasteiger partial charge is 0.257 e. The summed E-state index contributed by atoms with van der Waals surface area (Å²) in [6.07, 6.45) is 0.929. The van der Waals surface area contributed by atoms with E-state index >= 15 is 0 Å². The first-order valence-electron chi connectivity index (χ1n) is 6.96. The normalized spacial score (nSPS) is 12.6. The second-order valence-electron chi connectivity index (χ2n) is 4.86. The fourth-order valence-electron chi connectivity index (χ4n) is 1.78. The minimum atomic E-state index is -0.112. The van der Waals surface area contributed by atoms with E-state index in [2.05, 4.69) is 15.5 Å². The predicted molar refractivity (Wildman–Crippen MR) is 82.0 cm³/mol. The van der Waals surface area contributed by atoms with E-state index in [4.69, 9.17) is 4.42 Å². The lowest BCUT2D eigenvalue weighted by molar-refractivity contribution is -0.122. The van der Waals surface area contributed by atoms with Crippen molar-refractivity contribution in [3.05, 3.63) is 23.4 Å². The van der Waals surface area contributed by atoms with Gasteiger partial charge in [-0.3, -0.25) is 9.69 Å². The fraction of sp³-hybridized carbons (Fsp3) is 0.500. The summed E-state index contributed by atoms with van der Waals surface area (Å²) in [6.45, 7) is 4.97. The maximum atomic E-state index is 11.7. The van der Waals surface area contributed by atoms with E-state index in [9.17, 15) is 4.79 Å². The van der Waals surface area contributed by atoms with Gasteiger partial charge in [-0.2, -0.15) is 0 Å². The minimum absolute atomic E-state index is 0.00388. The van der Waals surface area contributed by atoms with Gasteiger partial charge in [-0.25, -0.2) is 0 Å². The molecule has 2 aromatic heterocycles. The number of likely N-dealkylation sites (N-methyl/N-ethyl adjacent to an activating group) is 1. The standard InChI is InChI=1S/C14H20N4O2S/c1-4-7-15-12(19)9-18(3)10(2)13-16-17-14(20-13)11-6-5-8-21-11/h5-6,8,10H,4,7,9H2,1-3H3,(H,15,19)/t10-/m0/s1. The average molecular weight is 308 g/mol. The fourth-order valence-corrected chi connectivity index (χ4v) is 2.42. The van der Waals surface area contributed by atoms with Crippen molar-refractivity contribution in [3.63, 3.8) is 0 Å². The van der Waals surface area contributed by atoms with Gasteiger partial charge < -0.3 is 9.73 Å². The van der Waals surface area contributed by atoms with Gasteiger partial charge in [0.15, 0.2) is 0 Å². The summed E-state index contributed by atoms with van der Waals surface area (Å²) in [4.78, 5) is 14.6. The van der Waals surface area contributed by atoms with Gasteiger partial charge in [0, 0.05) is 6.54 Å². The van der Waals surface area contributed by atoms with Crippen LogP contribution >= 0.6 is 11.3 Å². The molecular formula is C14H20N4O2S. The Hall–Kier alpha value is -1.73. The van der Waals surface area contributed by atoms with Crippen LogP contribution in [0.5, 0.6) is 0 Å². The van der Waals surface area contributed by atoms with E-state index in [-0.39, 0.29) is 11.9 Å². The molecule has 2 heterocycles. The van der Waals surface area contributed by atoms with Gasteiger partial charge in [-0.1, -0.05) is 13.0 Å². The molecule has 2 rings (SSSR count). The van der Waals surface area contributed by atoms with Crippen molar-refractivity contribution in [2.45, 2.75) is 26.3 Å². The highest BCUT2D eigenvalue weighted by molar-refractivity contribution is 7.13. The Balaban J connectivity index is 1.96. The van der Waals surface area contributed by atoms with E-state index in [0.717, 1.165) is 11.3 Å². The molecule has 0 unspecified atom stereocenters. The van der Waals surface area contributed by atoms with Crippen LogP contribution in [0, 0.1) is 0 Å². The maximum Gasteiger partial charge on any atom is 0.257 e. The van der Waals surface area contributed by atoms with Crippen LogP contribution in [-0.2, 0) is 4.79 Å². The van der Waals surface area contributed by atoms with Crippen LogP contribution in [0.1, 0.15) is 32.2 Å². The molecule has 0 bridgehead atoms. The monoisotopic (exact) mass is 308 g/mol. The Morgan fingerprint density at radius 3 is 3.00 bits per heavy atom. The summed E-state index contributed by atoms with van der Waals surface area (Å²) in [7, 11) is 1.87. The van der Waals surface area contributed by atoms with E-state index in [1.807, 2.05) is 43.3 Å². The van der Waals surface area contributed by atoms with Crippen LogP contribution in [-0.4, -0.2) is 41.1 Å². The van der Waals surface area contributed by atoms with Gasteiger partial charge in [-0.05, 0) is 31.8 Å². The van der Waals surface area contributed by atoms with Crippen LogP contribution in [0.2, 0.25) is 0 Å². The number of carbonyl (C=O) groups is 1. The zero-order valence-corrected chi connectivity index (χ0v) is 13.3. The van der Waals surface area contributed by atoms with Crippen molar-refractivity contribution in [1.29, 1.82) is 0 Å². The molecular weight excluding hydrogens is 288 g/mol. The van der Waals surface area contributed by atoms with Crippen molar-refractivity contribution in [1.82, 2.24) is 20.4 Å². The highest BCUT2D eigenvalue weighted by atomic mass is 32.1. The third-order valence-electron chi connectivity index (χ3n) is 3.16. The van der Waals surface area contributed by atoms with Gasteiger partial charge in [-0.15, -0.1) is 21.5 Å². The van der Waals surface area contributed by atoms with E-state index < -0.39 is 0 Å². The van der Waals surface area contributed by atoms with Crippen LogP contribution in [0.25, 0.3) is 10.8 Å². The lowest BCUT2D eigenvalue weighted by Gasteiger charge is -2.20. The van der Waals surface area contributed by atoms with Crippen molar-refractivity contribution in [3.8, 4) is 10.8 Å². The van der Waals surface area contributed by atoms with Crippen molar-refractivity contribution in [2.24, 2.45) is 0 Å². The Labute approximate surface area is 128 Å². The third-order valence-corrected chi connectivity index (χ3v) is 4.01. The van der Waals surface area contributed by atoms with Crippen LogP contribution < -0.4 is 5.32 Å². The summed E-state index contributed by atoms with van der Waals surface area (Å²) >= 11 is 1.56. The van der Waals surface area contributed by atoms with Crippen LogP contribution in [0.4, 0.5) is 0 Å². The third kappa shape index (κ3) is 4.12. The molecule has 0 saturated carbocycles. The van der Waals surface area contributed by atoms with Gasteiger partial charge in [0.05, 0.1) is 17.5 Å². The van der Waals surface area contributed by atoms with Gasteiger partial charge >= 0.3 is 0 Å². The topological polar surface area (TPSA) is 71.3 Å². The molecule has 0 aliphatic heterocycles. The number of hydrogen-bond donors (Lipinski definition) is 1. The Bertz CT molecular complexity index is 567. The lowest BCUT2D eigenvalue weighted by Crippen LogP contribution is -2.36. The first-order valence-corrected chi connectivity index (χ1v) is 7.84. The Kier molecular flexibility index (Phi) is 5.46. The average Bonchev–Trinajstić information content (AvgIpc) is 3.14. The molecule has 114 valence electrons. The molecule has 0 aliphatic carbocycles. The van der Waals surface area contributed by atoms with Crippen molar-refractivity contribution >= 4 is 17.2 Å². The molecule has 7 heteroatoms. The first kappa shape index (κ1) is 15.7. The number of hydrogen-bond acceptors (Lipinski definition) is 6. The Morgan fingerprint density at radius 1 is 1.52 bits per heavy atom. The summed E-state index contributed by atoms with van der Waals surface area (Å²) in [6, 6.07) is 3.77. The number of carbonyl (C=O) groups excluding carboxylic acids is 1. The quantitative estimate of drug-likeness (QED) is 0.850. The second kappa shape index (κ2) is 7.33. The second-order valence-corrected chi connectivity index (χ2v) is 5.81. The van der Waals surface area contributed by atoms with E-state index in [1.165, 1.54) is 0 Å². The number of aromatic nitrogens is 2. The number of nitrogens with zero attached hydrogens (tertiary/aromatic N) is 3. The molecule has 2 aromatic rings. The molecule has 0 fully saturated rings.